The molecule has 0 bridgehead atoms. The average molecular weight is 843 g/mol. The van der Waals surface area contributed by atoms with Gasteiger partial charge in [0.2, 0.25) is 27.7 Å². The number of nitrogens with one attached hydrogen (secondary N) is 3. The number of nitrogens with zero attached hydrogens (tertiary/aromatic N) is 3. The molecule has 2 aromatic carbocycles. The molecule has 1 aliphatic heterocycles. The summed E-state index contributed by atoms with van der Waals surface area (Å²) in [5.74, 6) is -2.15. The van der Waals surface area contributed by atoms with Gasteiger partial charge in [-0.3, -0.25) is 19.1 Å². The van der Waals surface area contributed by atoms with Gasteiger partial charge in [-0.15, -0.1) is 17.9 Å². The number of hydrogen-bond donors (Lipinski definition) is 3. The van der Waals surface area contributed by atoms with Crippen LogP contribution >= 0.6 is 11.3 Å². The van der Waals surface area contributed by atoms with Gasteiger partial charge in [0.05, 0.1) is 28.2 Å². The van der Waals surface area contributed by atoms with E-state index in [1.165, 1.54) is 16.2 Å². The van der Waals surface area contributed by atoms with E-state index in [2.05, 4.69) is 21.9 Å². The van der Waals surface area contributed by atoms with Crippen LogP contribution in [0.1, 0.15) is 82.6 Å². The number of rotatable bonds is 18. The number of unbranched alkanes of at least 4 members (excludes halogenated alkanes) is 3. The number of hydrogen-bond acceptors (Lipinski definition) is 11. The number of likely N-dealkylation sites (tertiary alicyclic amines) is 1. The third kappa shape index (κ3) is 10.6. The maximum Gasteiger partial charge on any atom is 0.408 e. The van der Waals surface area contributed by atoms with Gasteiger partial charge in [-0.05, 0) is 86.9 Å². The fourth-order valence-electron chi connectivity index (χ4n) is 7.70. The summed E-state index contributed by atoms with van der Waals surface area (Å²) < 4.78 is 40.5. The Hall–Kier alpha value is -5.35. The zero-order chi connectivity index (χ0) is 41.4. The molecular formula is C43H50N6O8S2. The lowest BCUT2D eigenvalue weighted by Gasteiger charge is -2.29. The number of ether oxygens (including phenoxy) is 2. The van der Waals surface area contributed by atoms with Crippen LogP contribution in [0.25, 0.3) is 21.6 Å². The van der Waals surface area contributed by atoms with Crippen molar-refractivity contribution >= 4 is 56.2 Å². The summed E-state index contributed by atoms with van der Waals surface area (Å²) in [6, 6.07) is 17.5. The number of alkyl carbamates (subject to hydrolysis) is 1. The van der Waals surface area contributed by atoms with Crippen molar-refractivity contribution in [3.63, 3.8) is 0 Å². The third-order valence-corrected chi connectivity index (χ3v) is 13.1. The van der Waals surface area contributed by atoms with Crippen LogP contribution in [0.4, 0.5) is 4.79 Å². The van der Waals surface area contributed by atoms with Gasteiger partial charge in [0, 0.05) is 6.42 Å². The SMILES string of the molecule is C=CCCCCC[C@H](NC(=O)OC1CCCC1)C(=O)N1C[C@H](Oc2nc3ccccc3nc2-c2cccs2)C[C@H]1C(=O)NC1(C(=O)NS(=O)(=O)Cc2ccccc2)CC1. The molecule has 312 valence electrons. The molecule has 7 rings (SSSR count). The smallest absolute Gasteiger partial charge is 0.408 e. The van der Waals surface area contributed by atoms with E-state index in [-0.39, 0.29) is 37.8 Å². The number of para-hydroxylation sites is 2. The molecule has 3 aliphatic rings. The summed E-state index contributed by atoms with van der Waals surface area (Å²) in [5, 5.41) is 7.54. The molecule has 3 heterocycles. The summed E-state index contributed by atoms with van der Waals surface area (Å²) >= 11 is 1.47. The highest BCUT2D eigenvalue weighted by molar-refractivity contribution is 7.89. The van der Waals surface area contributed by atoms with Crippen molar-refractivity contribution in [3.8, 4) is 16.5 Å². The molecule has 59 heavy (non-hydrogen) atoms. The van der Waals surface area contributed by atoms with Gasteiger partial charge >= 0.3 is 6.09 Å². The maximum absolute atomic E-state index is 14.7. The number of carbonyl (C=O) groups excluding carboxylic acids is 4. The molecule has 4 aromatic rings. The molecule has 3 atom stereocenters. The number of aromatic nitrogens is 2. The lowest BCUT2D eigenvalue weighted by Crippen LogP contribution is -2.57. The minimum Gasteiger partial charge on any atom is -0.471 e. The highest BCUT2D eigenvalue weighted by atomic mass is 32.2. The van der Waals surface area contributed by atoms with Crippen LogP contribution in [0.5, 0.6) is 5.88 Å². The topological polar surface area (TPSA) is 186 Å². The van der Waals surface area contributed by atoms with Crippen molar-refractivity contribution < 1.29 is 37.1 Å². The number of sulfonamides is 1. The summed E-state index contributed by atoms with van der Waals surface area (Å²) in [7, 11) is -4.09. The molecule has 14 nitrogen and oxygen atoms in total. The van der Waals surface area contributed by atoms with Gasteiger partial charge in [-0.1, -0.05) is 67.4 Å². The fraction of sp³-hybridized carbons (Fsp3) is 0.442. The summed E-state index contributed by atoms with van der Waals surface area (Å²) in [4.78, 5) is 67.7. The Morgan fingerprint density at radius 1 is 0.932 bits per heavy atom. The molecule has 16 heteroatoms. The average Bonchev–Trinajstić information content (AvgIpc) is 3.60. The van der Waals surface area contributed by atoms with E-state index in [1.54, 1.807) is 30.3 Å². The lowest BCUT2D eigenvalue weighted by molar-refractivity contribution is -0.141. The van der Waals surface area contributed by atoms with Crippen molar-refractivity contribution in [3.05, 3.63) is 90.3 Å². The van der Waals surface area contributed by atoms with Crippen LogP contribution in [-0.2, 0) is 34.9 Å². The summed E-state index contributed by atoms with van der Waals surface area (Å²) in [6.45, 7) is 3.75. The molecule has 3 N–H and O–H groups in total. The molecular weight excluding hydrogens is 793 g/mol. The Bertz CT molecular complexity index is 2240. The van der Waals surface area contributed by atoms with E-state index in [0.717, 1.165) is 49.8 Å². The second kappa shape index (κ2) is 18.7. The zero-order valence-corrected chi connectivity index (χ0v) is 34.5. The number of benzene rings is 2. The van der Waals surface area contributed by atoms with E-state index >= 15 is 0 Å². The van der Waals surface area contributed by atoms with Gasteiger partial charge in [0.1, 0.15) is 35.5 Å². The normalized spacial score (nSPS) is 19.2. The maximum atomic E-state index is 14.7. The van der Waals surface area contributed by atoms with Crippen molar-refractivity contribution in [2.24, 2.45) is 0 Å². The Morgan fingerprint density at radius 2 is 1.66 bits per heavy atom. The first-order valence-corrected chi connectivity index (χ1v) is 22.8. The first-order chi connectivity index (χ1) is 28.5. The third-order valence-electron chi connectivity index (χ3n) is 11.0. The van der Waals surface area contributed by atoms with Crippen LogP contribution in [0, 0.1) is 0 Å². The second-order valence-corrected chi connectivity index (χ2v) is 18.2. The number of carbonyl (C=O) groups is 4. The Kier molecular flexibility index (Phi) is 13.3. The van der Waals surface area contributed by atoms with Crippen molar-refractivity contribution in [2.45, 2.75) is 113 Å². The predicted molar refractivity (Wildman–Crippen MR) is 224 cm³/mol. The molecule has 0 spiro atoms. The highest BCUT2D eigenvalue weighted by Gasteiger charge is 2.54. The number of fused-ring (bicyclic) bond motifs is 1. The standard InChI is InChI=1S/C43H50N6O8S2/c1-2-3-4-5-9-21-34(46-42(53)57-30-17-10-11-18-30)40(51)49-27-31(56-39-37(36-22-14-25-58-36)44-32-19-12-13-20-33(32)45-39)26-35(49)38(50)47-43(23-24-43)41(52)48-59(54,55)28-29-15-7-6-8-16-29/h2,6-8,12-16,19-20,22,25,30-31,34-35H,1,3-5,9-11,17-18,21,23-24,26-28H2,(H,46,53)(H,47,50)(H,48,52)/t31-,34+,35+/m1/s1. The summed E-state index contributed by atoms with van der Waals surface area (Å²) in [5.41, 5.74) is 0.826. The van der Waals surface area contributed by atoms with E-state index in [4.69, 9.17) is 19.4 Å². The minimum atomic E-state index is -4.09. The minimum absolute atomic E-state index is 0.0263. The van der Waals surface area contributed by atoms with E-state index in [9.17, 15) is 27.6 Å². The van der Waals surface area contributed by atoms with Crippen LogP contribution in [0.3, 0.4) is 0 Å². The molecule has 2 aromatic heterocycles. The fourth-order valence-corrected chi connectivity index (χ4v) is 9.59. The van der Waals surface area contributed by atoms with Gasteiger partial charge in [0.15, 0.2) is 0 Å². The first kappa shape index (κ1) is 41.8. The Labute approximate surface area is 348 Å². The van der Waals surface area contributed by atoms with Crippen LogP contribution < -0.4 is 20.1 Å². The molecule has 3 fully saturated rings. The lowest BCUT2D eigenvalue weighted by atomic mass is 10.0. The van der Waals surface area contributed by atoms with Crippen molar-refractivity contribution in [2.75, 3.05) is 6.54 Å². The summed E-state index contributed by atoms with van der Waals surface area (Å²) in [6.07, 6.45) is 7.48. The van der Waals surface area contributed by atoms with E-state index < -0.39 is 63.3 Å². The van der Waals surface area contributed by atoms with Gasteiger partial charge < -0.3 is 25.0 Å². The van der Waals surface area contributed by atoms with E-state index in [0.29, 0.717) is 35.1 Å². The molecule has 0 unspecified atom stereocenters. The second-order valence-electron chi connectivity index (χ2n) is 15.5. The van der Waals surface area contributed by atoms with Crippen molar-refractivity contribution in [1.82, 2.24) is 30.2 Å². The number of allylic oxidation sites excluding steroid dienone is 1. The van der Waals surface area contributed by atoms with Gasteiger partial charge in [-0.25, -0.2) is 23.2 Å². The van der Waals surface area contributed by atoms with Crippen LogP contribution in [0.15, 0.2) is 84.8 Å². The molecule has 1 saturated heterocycles. The highest BCUT2D eigenvalue weighted by Crippen LogP contribution is 2.38. The monoisotopic (exact) mass is 842 g/mol. The number of thiophene rings is 1. The molecule has 4 amide bonds. The largest absolute Gasteiger partial charge is 0.471 e. The zero-order valence-electron chi connectivity index (χ0n) is 32.8. The van der Waals surface area contributed by atoms with Crippen LogP contribution in [-0.4, -0.2) is 83.5 Å². The quantitative estimate of drug-likeness (QED) is 0.0773. The number of amides is 4. The van der Waals surface area contributed by atoms with Crippen LogP contribution in [0.2, 0.25) is 0 Å². The molecule has 2 saturated carbocycles. The Morgan fingerprint density at radius 3 is 2.36 bits per heavy atom. The Balaban J connectivity index is 1.14. The van der Waals surface area contributed by atoms with Gasteiger partial charge in [-0.2, -0.15) is 0 Å². The first-order valence-electron chi connectivity index (χ1n) is 20.3. The van der Waals surface area contributed by atoms with E-state index in [1.807, 2.05) is 47.9 Å². The molecule has 0 radical (unpaired) electrons. The molecule has 2 aliphatic carbocycles. The van der Waals surface area contributed by atoms with Gasteiger partial charge in [0.25, 0.3) is 5.91 Å². The predicted octanol–water partition coefficient (Wildman–Crippen LogP) is 6.18. The van der Waals surface area contributed by atoms with Crippen molar-refractivity contribution in [1.29, 1.82) is 0 Å².